The number of ether oxygens (including phenoxy) is 1. The Bertz CT molecular complexity index is 203. The molecule has 0 aromatic carbocycles. The number of alkyl halides is 2. The topological polar surface area (TPSA) is 49.8 Å². The van der Waals surface area contributed by atoms with E-state index in [2.05, 4.69) is 0 Å². The molecule has 0 aliphatic heterocycles. The number of carbonyl (C=O) groups is 1. The third-order valence-corrected chi connectivity index (χ3v) is 2.15. The third kappa shape index (κ3) is 6.68. The molecule has 96 valence electrons. The number of aliphatic hydroxyl groups is 1. The highest BCUT2D eigenvalue weighted by Crippen LogP contribution is 2.08. The Morgan fingerprint density at radius 1 is 1.50 bits per heavy atom. The lowest BCUT2D eigenvalue weighted by Gasteiger charge is -2.27. The normalized spacial score (nSPS) is 13.2. The number of hydrogen-bond acceptors (Lipinski definition) is 4. The summed E-state index contributed by atoms with van der Waals surface area (Å²) in [4.78, 5) is 12.5. The minimum Gasteiger partial charge on any atom is -0.466 e. The molecule has 4 nitrogen and oxygen atoms in total. The van der Waals surface area contributed by atoms with Crippen LogP contribution in [0, 0.1) is 0 Å². The number of carbonyl (C=O) groups excluding carboxylic acids is 1. The molecule has 1 unspecified atom stereocenters. The summed E-state index contributed by atoms with van der Waals surface area (Å²) in [5.74, 6) is -0.410. The van der Waals surface area contributed by atoms with Crippen molar-refractivity contribution in [3.05, 3.63) is 0 Å². The number of esters is 1. The van der Waals surface area contributed by atoms with Crippen molar-refractivity contribution in [3.8, 4) is 0 Å². The van der Waals surface area contributed by atoms with E-state index in [0.717, 1.165) is 0 Å². The Labute approximate surface area is 94.2 Å². The van der Waals surface area contributed by atoms with Crippen molar-refractivity contribution >= 4 is 5.97 Å². The van der Waals surface area contributed by atoms with Crippen molar-refractivity contribution in [1.82, 2.24) is 4.90 Å². The summed E-state index contributed by atoms with van der Waals surface area (Å²) in [5, 5.41) is 8.73. The minimum absolute atomic E-state index is 0.0561. The standard InChI is InChI=1S/C10H19F2NO3/c1-3-16-10(15)6-8(2)13(4-5-14)7-9(11)12/h8-9,14H,3-7H2,1-2H3. The van der Waals surface area contributed by atoms with Gasteiger partial charge in [0.2, 0.25) is 0 Å². The van der Waals surface area contributed by atoms with Gasteiger partial charge in [0.15, 0.2) is 0 Å². The maximum Gasteiger partial charge on any atom is 0.307 e. The van der Waals surface area contributed by atoms with Crippen molar-refractivity contribution in [2.24, 2.45) is 0 Å². The first-order valence-electron chi connectivity index (χ1n) is 5.29. The van der Waals surface area contributed by atoms with Gasteiger partial charge in [-0.2, -0.15) is 0 Å². The summed E-state index contributed by atoms with van der Waals surface area (Å²) in [5.41, 5.74) is 0. The molecule has 0 saturated carbocycles. The molecule has 0 heterocycles. The fourth-order valence-corrected chi connectivity index (χ4v) is 1.39. The zero-order valence-electron chi connectivity index (χ0n) is 9.66. The Morgan fingerprint density at radius 2 is 2.12 bits per heavy atom. The van der Waals surface area contributed by atoms with Crippen molar-refractivity contribution < 1.29 is 23.4 Å². The summed E-state index contributed by atoms with van der Waals surface area (Å²) in [6.45, 7) is 3.11. The van der Waals surface area contributed by atoms with E-state index >= 15 is 0 Å². The zero-order chi connectivity index (χ0) is 12.6. The molecular weight excluding hydrogens is 220 g/mol. The predicted molar refractivity (Wildman–Crippen MR) is 55.4 cm³/mol. The fraction of sp³-hybridized carbons (Fsp3) is 0.900. The summed E-state index contributed by atoms with van der Waals surface area (Å²) in [7, 11) is 0. The van der Waals surface area contributed by atoms with Crippen LogP contribution in [0.1, 0.15) is 20.3 Å². The average molecular weight is 239 g/mol. The van der Waals surface area contributed by atoms with E-state index in [-0.39, 0.29) is 32.2 Å². The molecule has 0 aliphatic carbocycles. The second-order valence-corrected chi connectivity index (χ2v) is 3.47. The number of nitrogens with zero attached hydrogens (tertiary/aromatic N) is 1. The van der Waals surface area contributed by atoms with Crippen LogP contribution in [-0.4, -0.2) is 54.7 Å². The van der Waals surface area contributed by atoms with Crippen molar-refractivity contribution in [2.75, 3.05) is 26.3 Å². The van der Waals surface area contributed by atoms with Gasteiger partial charge in [-0.15, -0.1) is 0 Å². The molecule has 6 heteroatoms. The summed E-state index contributed by atoms with van der Waals surface area (Å²) >= 11 is 0. The predicted octanol–water partition coefficient (Wildman–Crippen LogP) is 0.888. The number of halogens is 2. The van der Waals surface area contributed by atoms with Crippen LogP contribution < -0.4 is 0 Å². The van der Waals surface area contributed by atoms with Crippen LogP contribution in [0.3, 0.4) is 0 Å². The van der Waals surface area contributed by atoms with Crippen LogP contribution in [0.2, 0.25) is 0 Å². The van der Waals surface area contributed by atoms with Crippen LogP contribution >= 0.6 is 0 Å². The van der Waals surface area contributed by atoms with Crippen molar-refractivity contribution in [3.63, 3.8) is 0 Å². The SMILES string of the molecule is CCOC(=O)CC(C)N(CCO)CC(F)F. The van der Waals surface area contributed by atoms with Crippen LogP contribution in [0.25, 0.3) is 0 Å². The first-order chi connectivity index (χ1) is 7.51. The smallest absolute Gasteiger partial charge is 0.307 e. The van der Waals surface area contributed by atoms with Gasteiger partial charge in [0.25, 0.3) is 6.43 Å². The molecule has 0 aromatic heterocycles. The van der Waals surface area contributed by atoms with Gasteiger partial charge >= 0.3 is 5.97 Å². The van der Waals surface area contributed by atoms with E-state index in [1.54, 1.807) is 13.8 Å². The lowest BCUT2D eigenvalue weighted by molar-refractivity contribution is -0.144. The van der Waals surface area contributed by atoms with Crippen LogP contribution in [0.4, 0.5) is 8.78 Å². The largest absolute Gasteiger partial charge is 0.466 e. The van der Waals surface area contributed by atoms with E-state index in [9.17, 15) is 13.6 Å². The number of rotatable bonds is 8. The Morgan fingerprint density at radius 3 is 2.56 bits per heavy atom. The fourth-order valence-electron chi connectivity index (χ4n) is 1.39. The average Bonchev–Trinajstić information content (AvgIpc) is 2.16. The van der Waals surface area contributed by atoms with Gasteiger partial charge in [-0.3, -0.25) is 9.69 Å². The molecule has 0 amide bonds. The van der Waals surface area contributed by atoms with Crippen molar-refractivity contribution in [1.29, 1.82) is 0 Å². The second-order valence-electron chi connectivity index (χ2n) is 3.47. The third-order valence-electron chi connectivity index (χ3n) is 2.15. The van der Waals surface area contributed by atoms with E-state index in [4.69, 9.17) is 9.84 Å². The monoisotopic (exact) mass is 239 g/mol. The molecule has 0 aromatic rings. The lowest BCUT2D eigenvalue weighted by atomic mass is 10.2. The Balaban J connectivity index is 4.14. The molecular formula is C10H19F2NO3. The molecule has 0 fully saturated rings. The highest BCUT2D eigenvalue weighted by Gasteiger charge is 2.20. The number of aliphatic hydroxyl groups excluding tert-OH is 1. The lowest BCUT2D eigenvalue weighted by Crippen LogP contribution is -2.40. The summed E-state index contributed by atoms with van der Waals surface area (Å²) in [6.07, 6.45) is -2.42. The molecule has 0 spiro atoms. The van der Waals surface area contributed by atoms with Crippen molar-refractivity contribution in [2.45, 2.75) is 32.7 Å². The second kappa shape index (κ2) is 8.41. The molecule has 1 N–H and O–H groups in total. The highest BCUT2D eigenvalue weighted by atomic mass is 19.3. The van der Waals surface area contributed by atoms with Crippen LogP contribution in [0.5, 0.6) is 0 Å². The van der Waals surface area contributed by atoms with E-state index in [1.807, 2.05) is 0 Å². The van der Waals surface area contributed by atoms with Crippen LogP contribution in [0.15, 0.2) is 0 Å². The maximum atomic E-state index is 12.2. The first-order valence-corrected chi connectivity index (χ1v) is 5.29. The molecule has 0 radical (unpaired) electrons. The zero-order valence-corrected chi connectivity index (χ0v) is 9.66. The van der Waals surface area contributed by atoms with Crippen LogP contribution in [-0.2, 0) is 9.53 Å². The maximum absolute atomic E-state index is 12.2. The van der Waals surface area contributed by atoms with Gasteiger partial charge in [0.05, 0.1) is 26.2 Å². The van der Waals surface area contributed by atoms with E-state index in [0.29, 0.717) is 0 Å². The van der Waals surface area contributed by atoms with Gasteiger partial charge in [-0.25, -0.2) is 8.78 Å². The Kier molecular flexibility index (Phi) is 8.01. The summed E-state index contributed by atoms with van der Waals surface area (Å²) < 4.78 is 29.2. The van der Waals surface area contributed by atoms with Gasteiger partial charge in [-0.1, -0.05) is 0 Å². The Hall–Kier alpha value is -0.750. The molecule has 1 atom stereocenters. The summed E-state index contributed by atoms with van der Waals surface area (Å²) in [6, 6.07) is -0.361. The van der Waals surface area contributed by atoms with Gasteiger partial charge in [0.1, 0.15) is 0 Å². The van der Waals surface area contributed by atoms with Gasteiger partial charge < -0.3 is 9.84 Å². The molecule has 16 heavy (non-hydrogen) atoms. The molecule has 0 bridgehead atoms. The minimum atomic E-state index is -2.48. The molecule has 0 aliphatic rings. The van der Waals surface area contributed by atoms with E-state index < -0.39 is 18.9 Å². The van der Waals surface area contributed by atoms with Gasteiger partial charge in [0, 0.05) is 12.6 Å². The molecule has 0 rings (SSSR count). The quantitative estimate of drug-likeness (QED) is 0.639. The molecule has 0 saturated heterocycles. The first kappa shape index (κ1) is 15.2. The number of hydrogen-bond donors (Lipinski definition) is 1. The van der Waals surface area contributed by atoms with Gasteiger partial charge in [-0.05, 0) is 13.8 Å². The van der Waals surface area contributed by atoms with E-state index in [1.165, 1.54) is 4.90 Å². The highest BCUT2D eigenvalue weighted by molar-refractivity contribution is 5.70.